The quantitative estimate of drug-likeness (QED) is 0.921. The molecule has 1 N–H and O–H groups in total. The van der Waals surface area contributed by atoms with Crippen LogP contribution in [0.15, 0.2) is 12.1 Å². The van der Waals surface area contributed by atoms with Crippen molar-refractivity contribution in [1.29, 1.82) is 0 Å². The second kappa shape index (κ2) is 7.77. The number of piperazine rings is 1. The van der Waals surface area contributed by atoms with Gasteiger partial charge in [0.2, 0.25) is 5.91 Å². The summed E-state index contributed by atoms with van der Waals surface area (Å²) in [6.07, 6.45) is 2.70. The van der Waals surface area contributed by atoms with Crippen LogP contribution in [-0.4, -0.2) is 37.0 Å². The van der Waals surface area contributed by atoms with Crippen LogP contribution < -0.4 is 5.32 Å². The minimum atomic E-state index is 0. The lowest BCUT2D eigenvalue weighted by Gasteiger charge is -2.27. The van der Waals surface area contributed by atoms with Gasteiger partial charge in [-0.2, -0.15) is 0 Å². The van der Waals surface area contributed by atoms with Gasteiger partial charge < -0.3 is 10.2 Å². The highest BCUT2D eigenvalue weighted by molar-refractivity contribution is 7.11. The Balaban J connectivity index is 0.00000162. The van der Waals surface area contributed by atoms with Crippen molar-refractivity contribution in [3.8, 4) is 0 Å². The van der Waals surface area contributed by atoms with E-state index in [0.29, 0.717) is 12.3 Å². The molecule has 1 amide bonds. The Morgan fingerprint density at radius 3 is 2.72 bits per heavy atom. The highest BCUT2D eigenvalue weighted by atomic mass is 35.5. The Labute approximate surface area is 119 Å². The molecule has 0 bridgehead atoms. The number of rotatable bonds is 4. The molecule has 0 spiro atoms. The van der Waals surface area contributed by atoms with Crippen molar-refractivity contribution in [2.24, 2.45) is 0 Å². The zero-order chi connectivity index (χ0) is 12.1. The van der Waals surface area contributed by atoms with Gasteiger partial charge in [0.25, 0.3) is 0 Å². The molecule has 3 nitrogen and oxygen atoms in total. The zero-order valence-corrected chi connectivity index (χ0v) is 12.4. The number of carbonyl (C=O) groups excluding carboxylic acids is 1. The van der Waals surface area contributed by atoms with Crippen LogP contribution in [0, 0.1) is 6.92 Å². The van der Waals surface area contributed by atoms with E-state index in [2.05, 4.69) is 24.4 Å². The summed E-state index contributed by atoms with van der Waals surface area (Å²) in [6, 6.07) is 4.33. The van der Waals surface area contributed by atoms with E-state index in [-0.39, 0.29) is 12.4 Å². The van der Waals surface area contributed by atoms with E-state index in [1.165, 1.54) is 9.75 Å². The molecule has 102 valence electrons. The van der Waals surface area contributed by atoms with Crippen molar-refractivity contribution in [3.05, 3.63) is 21.9 Å². The summed E-state index contributed by atoms with van der Waals surface area (Å²) in [6.45, 7) is 5.75. The number of hydrogen-bond acceptors (Lipinski definition) is 3. The molecular weight excluding hydrogens is 268 g/mol. The Morgan fingerprint density at radius 1 is 1.39 bits per heavy atom. The number of nitrogens with zero attached hydrogens (tertiary/aromatic N) is 1. The summed E-state index contributed by atoms with van der Waals surface area (Å²) in [5.74, 6) is 0.319. The predicted octanol–water partition coefficient (Wildman–Crippen LogP) is 2.23. The van der Waals surface area contributed by atoms with E-state index >= 15 is 0 Å². The number of halogens is 1. The molecule has 1 aromatic rings. The van der Waals surface area contributed by atoms with Gasteiger partial charge in [0.15, 0.2) is 0 Å². The number of hydrogen-bond donors (Lipinski definition) is 1. The van der Waals surface area contributed by atoms with Gasteiger partial charge in [-0.1, -0.05) is 0 Å². The largest absolute Gasteiger partial charge is 0.340 e. The van der Waals surface area contributed by atoms with Crippen molar-refractivity contribution < 1.29 is 4.79 Å². The van der Waals surface area contributed by atoms with E-state index < -0.39 is 0 Å². The number of nitrogens with one attached hydrogen (secondary N) is 1. The summed E-state index contributed by atoms with van der Waals surface area (Å²) in [4.78, 5) is 16.6. The predicted molar refractivity (Wildman–Crippen MR) is 78.7 cm³/mol. The standard InChI is InChI=1S/C13H20N2OS.ClH/c1-11-5-6-12(17-11)3-2-4-13(16)15-9-7-14-8-10-15;/h5-6,14H,2-4,7-10H2,1H3;1H. The second-order valence-electron chi connectivity index (χ2n) is 4.50. The van der Waals surface area contributed by atoms with Gasteiger partial charge in [-0.15, -0.1) is 23.7 Å². The van der Waals surface area contributed by atoms with Crippen LogP contribution in [0.25, 0.3) is 0 Å². The molecule has 0 aromatic carbocycles. The first-order valence-electron chi connectivity index (χ1n) is 6.29. The van der Waals surface area contributed by atoms with E-state index in [0.717, 1.165) is 39.0 Å². The van der Waals surface area contributed by atoms with Crippen LogP contribution in [0.4, 0.5) is 0 Å². The van der Waals surface area contributed by atoms with Crippen LogP contribution in [0.5, 0.6) is 0 Å². The molecule has 2 heterocycles. The van der Waals surface area contributed by atoms with Crippen LogP contribution in [0.3, 0.4) is 0 Å². The summed E-state index contributed by atoms with van der Waals surface area (Å²) >= 11 is 1.84. The van der Waals surface area contributed by atoms with Gasteiger partial charge in [0.05, 0.1) is 0 Å². The lowest BCUT2D eigenvalue weighted by molar-refractivity contribution is -0.131. The average Bonchev–Trinajstić information content (AvgIpc) is 2.76. The molecule has 1 aromatic heterocycles. The minimum Gasteiger partial charge on any atom is -0.340 e. The molecule has 1 fully saturated rings. The highest BCUT2D eigenvalue weighted by Crippen LogP contribution is 2.17. The van der Waals surface area contributed by atoms with Crippen LogP contribution in [0.2, 0.25) is 0 Å². The molecule has 18 heavy (non-hydrogen) atoms. The highest BCUT2D eigenvalue weighted by Gasteiger charge is 2.15. The summed E-state index contributed by atoms with van der Waals surface area (Å²) in [5, 5.41) is 3.26. The molecule has 0 aliphatic carbocycles. The van der Waals surface area contributed by atoms with Crippen molar-refractivity contribution in [2.45, 2.75) is 26.2 Å². The third-order valence-corrected chi connectivity index (χ3v) is 4.14. The Bertz CT molecular complexity index is 375. The minimum absolute atomic E-state index is 0. The number of thiophene rings is 1. The first-order valence-corrected chi connectivity index (χ1v) is 7.11. The fraction of sp³-hybridized carbons (Fsp3) is 0.615. The Hall–Kier alpha value is -0.580. The number of aryl methyl sites for hydroxylation is 2. The normalized spacial score (nSPS) is 15.3. The lowest BCUT2D eigenvalue weighted by Crippen LogP contribution is -2.46. The van der Waals surface area contributed by atoms with Gasteiger partial charge in [-0.05, 0) is 31.9 Å². The van der Waals surface area contributed by atoms with E-state index in [1.54, 1.807) is 0 Å². The molecule has 0 saturated carbocycles. The van der Waals surface area contributed by atoms with E-state index in [9.17, 15) is 4.79 Å². The first-order chi connectivity index (χ1) is 8.25. The van der Waals surface area contributed by atoms with Gasteiger partial charge in [-0.25, -0.2) is 0 Å². The third-order valence-electron chi connectivity index (χ3n) is 3.08. The fourth-order valence-electron chi connectivity index (χ4n) is 2.11. The summed E-state index contributed by atoms with van der Waals surface area (Å²) in [7, 11) is 0. The molecule has 1 aliphatic rings. The summed E-state index contributed by atoms with van der Waals surface area (Å²) in [5.41, 5.74) is 0. The van der Waals surface area contributed by atoms with Gasteiger partial charge in [0.1, 0.15) is 0 Å². The average molecular weight is 289 g/mol. The summed E-state index contributed by atoms with van der Waals surface area (Å²) < 4.78 is 0. The van der Waals surface area contributed by atoms with Crippen LogP contribution in [0.1, 0.15) is 22.6 Å². The van der Waals surface area contributed by atoms with Crippen molar-refractivity contribution in [1.82, 2.24) is 10.2 Å². The fourth-order valence-corrected chi connectivity index (χ4v) is 3.04. The van der Waals surface area contributed by atoms with Gasteiger partial charge in [-0.3, -0.25) is 4.79 Å². The third kappa shape index (κ3) is 4.59. The lowest BCUT2D eigenvalue weighted by atomic mass is 10.2. The SMILES string of the molecule is Cc1ccc(CCCC(=O)N2CCNCC2)s1.Cl. The molecule has 0 atom stereocenters. The maximum atomic E-state index is 11.9. The topological polar surface area (TPSA) is 32.3 Å². The first kappa shape index (κ1) is 15.5. The van der Waals surface area contributed by atoms with E-state index in [4.69, 9.17) is 0 Å². The molecule has 1 aliphatic heterocycles. The van der Waals surface area contributed by atoms with Crippen LogP contribution in [-0.2, 0) is 11.2 Å². The molecule has 0 radical (unpaired) electrons. The maximum Gasteiger partial charge on any atom is 0.222 e. The second-order valence-corrected chi connectivity index (χ2v) is 5.87. The molecule has 1 saturated heterocycles. The number of amides is 1. The smallest absolute Gasteiger partial charge is 0.222 e. The Kier molecular flexibility index (Phi) is 6.68. The van der Waals surface area contributed by atoms with Crippen LogP contribution >= 0.6 is 23.7 Å². The van der Waals surface area contributed by atoms with E-state index in [1.807, 2.05) is 16.2 Å². The maximum absolute atomic E-state index is 11.9. The van der Waals surface area contributed by atoms with Gasteiger partial charge in [0, 0.05) is 42.4 Å². The zero-order valence-electron chi connectivity index (χ0n) is 10.8. The Morgan fingerprint density at radius 2 is 2.11 bits per heavy atom. The number of carbonyl (C=O) groups is 1. The molecule has 5 heteroatoms. The van der Waals surface area contributed by atoms with Gasteiger partial charge >= 0.3 is 0 Å². The molecular formula is C13H21ClN2OS. The monoisotopic (exact) mass is 288 g/mol. The molecule has 0 unspecified atom stereocenters. The van der Waals surface area contributed by atoms with Crippen molar-refractivity contribution in [3.63, 3.8) is 0 Å². The molecule has 2 rings (SSSR count). The van der Waals surface area contributed by atoms with Crippen molar-refractivity contribution in [2.75, 3.05) is 26.2 Å². The van der Waals surface area contributed by atoms with Crippen molar-refractivity contribution >= 4 is 29.7 Å².